The number of hydrogen-bond acceptors (Lipinski definition) is 4. The zero-order chi connectivity index (χ0) is 16.8. The zero-order valence-electron chi connectivity index (χ0n) is 13.4. The number of nitrogens with zero attached hydrogens (tertiary/aromatic N) is 3. The summed E-state index contributed by atoms with van der Waals surface area (Å²) in [7, 11) is 3.76. The third-order valence-electron chi connectivity index (χ3n) is 4.28. The van der Waals surface area contributed by atoms with Crippen molar-refractivity contribution in [2.75, 3.05) is 12.4 Å². The Labute approximate surface area is 137 Å². The normalized spacial score (nSPS) is 11.5. The summed E-state index contributed by atoms with van der Waals surface area (Å²) in [6, 6.07) is 6.87. The summed E-state index contributed by atoms with van der Waals surface area (Å²) in [4.78, 5) is 12.4. The van der Waals surface area contributed by atoms with Gasteiger partial charge in [-0.15, -0.1) is 0 Å². The van der Waals surface area contributed by atoms with Crippen LogP contribution in [0.5, 0.6) is 0 Å². The molecule has 1 aromatic carbocycles. The highest BCUT2D eigenvalue weighted by Crippen LogP contribution is 2.32. The number of aryl methyl sites for hydroxylation is 1. The lowest BCUT2D eigenvalue weighted by Gasteiger charge is -2.06. The first-order chi connectivity index (χ1) is 11.6. The third-order valence-corrected chi connectivity index (χ3v) is 4.28. The van der Waals surface area contributed by atoms with Crippen molar-refractivity contribution in [1.29, 1.82) is 0 Å². The molecule has 0 fully saturated rings. The molecule has 6 nitrogen and oxygen atoms in total. The van der Waals surface area contributed by atoms with Crippen molar-refractivity contribution in [2.45, 2.75) is 6.54 Å². The molecule has 4 aromatic rings. The summed E-state index contributed by atoms with van der Waals surface area (Å²) in [5, 5.41) is 4.08. The molecular weight excluding hydrogens is 307 g/mol. The number of hydrogen-bond donors (Lipinski definition) is 3. The molecule has 3 heterocycles. The van der Waals surface area contributed by atoms with Gasteiger partial charge in [0.15, 0.2) is 5.82 Å². The highest BCUT2D eigenvalue weighted by Gasteiger charge is 2.18. The van der Waals surface area contributed by atoms with Crippen LogP contribution in [0.4, 0.5) is 10.2 Å². The SMILES string of the molecule is CNc1nc2[nH]ccc2c2c1nc(-c1ccc(F)c(CN)c1)n2C. The van der Waals surface area contributed by atoms with Crippen molar-refractivity contribution in [3.63, 3.8) is 0 Å². The van der Waals surface area contributed by atoms with E-state index in [1.165, 1.54) is 6.07 Å². The van der Waals surface area contributed by atoms with Crippen LogP contribution in [-0.4, -0.2) is 26.6 Å². The van der Waals surface area contributed by atoms with E-state index in [1.54, 1.807) is 12.1 Å². The van der Waals surface area contributed by atoms with Gasteiger partial charge in [-0.25, -0.2) is 14.4 Å². The molecular formula is C17H17FN6. The van der Waals surface area contributed by atoms with E-state index >= 15 is 0 Å². The van der Waals surface area contributed by atoms with E-state index in [0.29, 0.717) is 11.4 Å². The van der Waals surface area contributed by atoms with E-state index < -0.39 is 0 Å². The van der Waals surface area contributed by atoms with Gasteiger partial charge in [0, 0.05) is 43.4 Å². The van der Waals surface area contributed by atoms with Crippen molar-refractivity contribution in [3.8, 4) is 11.4 Å². The molecule has 24 heavy (non-hydrogen) atoms. The lowest BCUT2D eigenvalue weighted by Crippen LogP contribution is -2.01. The minimum absolute atomic E-state index is 0.148. The van der Waals surface area contributed by atoms with E-state index in [-0.39, 0.29) is 12.4 Å². The Bertz CT molecular complexity index is 1060. The van der Waals surface area contributed by atoms with Gasteiger partial charge in [0.25, 0.3) is 0 Å². The molecule has 0 aliphatic rings. The van der Waals surface area contributed by atoms with Crippen LogP contribution in [0.3, 0.4) is 0 Å². The third kappa shape index (κ3) is 1.98. The van der Waals surface area contributed by atoms with E-state index in [9.17, 15) is 4.39 Å². The van der Waals surface area contributed by atoms with Crippen LogP contribution >= 0.6 is 0 Å². The molecule has 4 rings (SSSR count). The Morgan fingerprint density at radius 2 is 2.12 bits per heavy atom. The summed E-state index contributed by atoms with van der Waals surface area (Å²) in [5.74, 6) is 1.14. The first-order valence-electron chi connectivity index (χ1n) is 7.64. The van der Waals surface area contributed by atoms with Gasteiger partial charge in [0.2, 0.25) is 0 Å². The number of rotatable bonds is 3. The van der Waals surface area contributed by atoms with Crippen molar-refractivity contribution in [3.05, 3.63) is 41.8 Å². The molecule has 0 saturated carbocycles. The number of fused-ring (bicyclic) bond motifs is 3. The summed E-state index contributed by atoms with van der Waals surface area (Å²) in [5.41, 5.74) is 9.46. The smallest absolute Gasteiger partial charge is 0.156 e. The molecule has 0 aliphatic heterocycles. The van der Waals surface area contributed by atoms with Gasteiger partial charge in [-0.2, -0.15) is 0 Å². The van der Waals surface area contributed by atoms with Gasteiger partial charge in [0.1, 0.15) is 22.8 Å². The average Bonchev–Trinajstić information content (AvgIpc) is 3.19. The molecule has 0 spiro atoms. The van der Waals surface area contributed by atoms with Gasteiger partial charge >= 0.3 is 0 Å². The quantitative estimate of drug-likeness (QED) is 0.541. The Hall–Kier alpha value is -2.93. The number of nitrogens with one attached hydrogen (secondary N) is 2. The molecule has 3 aromatic heterocycles. The fraction of sp³-hybridized carbons (Fsp3) is 0.176. The largest absolute Gasteiger partial charge is 0.371 e. The summed E-state index contributed by atoms with van der Waals surface area (Å²) >= 11 is 0. The highest BCUT2D eigenvalue weighted by atomic mass is 19.1. The summed E-state index contributed by atoms with van der Waals surface area (Å²) < 4.78 is 15.7. The summed E-state index contributed by atoms with van der Waals surface area (Å²) in [6.45, 7) is 0.148. The fourth-order valence-corrected chi connectivity index (χ4v) is 3.08. The lowest BCUT2D eigenvalue weighted by atomic mass is 10.1. The van der Waals surface area contributed by atoms with Gasteiger partial charge in [-0.05, 0) is 24.3 Å². The molecule has 0 bridgehead atoms. The fourth-order valence-electron chi connectivity index (χ4n) is 3.08. The van der Waals surface area contributed by atoms with Crippen molar-refractivity contribution in [1.82, 2.24) is 19.5 Å². The Balaban J connectivity index is 2.05. The topological polar surface area (TPSA) is 84.6 Å². The van der Waals surface area contributed by atoms with Crippen molar-refractivity contribution in [2.24, 2.45) is 12.8 Å². The number of anilines is 1. The van der Waals surface area contributed by atoms with E-state index in [4.69, 9.17) is 10.7 Å². The van der Waals surface area contributed by atoms with Crippen LogP contribution in [0, 0.1) is 5.82 Å². The Morgan fingerprint density at radius 3 is 2.88 bits per heavy atom. The second-order valence-electron chi connectivity index (χ2n) is 5.65. The number of benzene rings is 1. The second-order valence-corrected chi connectivity index (χ2v) is 5.65. The van der Waals surface area contributed by atoms with Crippen LogP contribution in [0.25, 0.3) is 33.5 Å². The first-order valence-corrected chi connectivity index (χ1v) is 7.64. The van der Waals surface area contributed by atoms with Gasteiger partial charge in [-0.3, -0.25) is 0 Å². The zero-order valence-corrected chi connectivity index (χ0v) is 13.4. The molecule has 0 aliphatic carbocycles. The monoisotopic (exact) mass is 324 g/mol. The number of imidazole rings is 1. The highest BCUT2D eigenvalue weighted by molar-refractivity contribution is 6.07. The molecule has 0 saturated heterocycles. The molecule has 0 atom stereocenters. The molecule has 0 radical (unpaired) electrons. The molecule has 7 heteroatoms. The van der Waals surface area contributed by atoms with E-state index in [2.05, 4.69) is 15.3 Å². The minimum atomic E-state index is -0.300. The van der Waals surface area contributed by atoms with Gasteiger partial charge in [-0.1, -0.05) is 0 Å². The van der Waals surface area contributed by atoms with Crippen LogP contribution in [-0.2, 0) is 13.6 Å². The molecule has 122 valence electrons. The van der Waals surface area contributed by atoms with Gasteiger partial charge < -0.3 is 20.6 Å². The predicted octanol–water partition coefficient (Wildman–Crippen LogP) is 2.76. The predicted molar refractivity (Wildman–Crippen MR) is 93.2 cm³/mol. The number of pyridine rings is 1. The maximum absolute atomic E-state index is 13.7. The number of aromatic amines is 1. The minimum Gasteiger partial charge on any atom is -0.371 e. The number of halogens is 1. The molecule has 4 N–H and O–H groups in total. The average molecular weight is 324 g/mol. The lowest BCUT2D eigenvalue weighted by molar-refractivity contribution is 0.611. The number of H-pyrrole nitrogens is 1. The molecule has 0 amide bonds. The van der Waals surface area contributed by atoms with Crippen LogP contribution in [0.1, 0.15) is 5.56 Å². The van der Waals surface area contributed by atoms with Crippen LogP contribution in [0.15, 0.2) is 30.5 Å². The maximum Gasteiger partial charge on any atom is 0.156 e. The summed E-state index contributed by atoms with van der Waals surface area (Å²) in [6.07, 6.45) is 1.85. The van der Waals surface area contributed by atoms with Gasteiger partial charge in [0.05, 0.1) is 5.52 Å². The van der Waals surface area contributed by atoms with Crippen molar-refractivity contribution >= 4 is 27.9 Å². The Morgan fingerprint density at radius 1 is 1.29 bits per heavy atom. The number of aromatic nitrogens is 4. The Kier molecular flexibility index (Phi) is 3.24. The second kappa shape index (κ2) is 5.31. The molecule has 0 unspecified atom stereocenters. The standard InChI is InChI=1S/C17H17FN6/c1-20-16-13-14(11-5-6-21-15(11)23-16)24(2)17(22-13)9-3-4-12(18)10(7-9)8-19/h3-7H,8,19H2,1-2H3,(H2,20,21,23). The van der Waals surface area contributed by atoms with Crippen LogP contribution < -0.4 is 11.1 Å². The number of nitrogens with two attached hydrogens (primary N) is 1. The first kappa shape index (κ1) is 14.6. The van der Waals surface area contributed by atoms with E-state index in [0.717, 1.165) is 33.5 Å². The van der Waals surface area contributed by atoms with Crippen LogP contribution in [0.2, 0.25) is 0 Å². The maximum atomic E-state index is 13.7. The van der Waals surface area contributed by atoms with E-state index in [1.807, 2.05) is 30.9 Å². The van der Waals surface area contributed by atoms with Crippen molar-refractivity contribution < 1.29 is 4.39 Å².